The first-order valence-electron chi connectivity index (χ1n) is 5.81. The largest absolute Gasteiger partial charge is 0.457 e. The molecule has 0 amide bonds. The lowest BCUT2D eigenvalue weighted by Gasteiger charge is -2.06. The molecule has 0 spiro atoms. The van der Waals surface area contributed by atoms with Crippen LogP contribution in [0.5, 0.6) is 11.5 Å². The molecule has 94 valence electrons. The molecule has 19 heavy (non-hydrogen) atoms. The molecule has 0 bridgehead atoms. The molecule has 2 rings (SSSR count). The molecular weight excluding hydrogens is 254 g/mol. The molecule has 0 saturated carbocycles. The van der Waals surface area contributed by atoms with Crippen LogP contribution in [0.4, 0.5) is 5.69 Å². The minimum absolute atomic E-state index is 0.614. The summed E-state index contributed by atoms with van der Waals surface area (Å²) in [5.41, 5.74) is 0.614. The zero-order chi connectivity index (χ0) is 13.5. The highest BCUT2D eigenvalue weighted by molar-refractivity contribution is 7.99. The van der Waals surface area contributed by atoms with E-state index in [2.05, 4.69) is 11.4 Å². The fourth-order valence-corrected chi connectivity index (χ4v) is 2.12. The number of hydrogen-bond acceptors (Lipinski definition) is 2. The molecule has 0 N–H and O–H groups in total. The number of nitrogens with zero attached hydrogens (tertiary/aromatic N) is 1. The first kappa shape index (κ1) is 13.3. The van der Waals surface area contributed by atoms with Crippen molar-refractivity contribution in [1.29, 1.82) is 0 Å². The third kappa shape index (κ3) is 3.90. The number of ether oxygens (including phenoxy) is 1. The maximum atomic E-state index is 6.89. The summed E-state index contributed by atoms with van der Waals surface area (Å²) < 4.78 is 5.70. The van der Waals surface area contributed by atoms with Gasteiger partial charge in [0.15, 0.2) is 5.69 Å². The summed E-state index contributed by atoms with van der Waals surface area (Å²) in [6.45, 7) is 10.6. The van der Waals surface area contributed by atoms with Gasteiger partial charge in [0.2, 0.25) is 0 Å². The molecule has 2 aromatic rings. The van der Waals surface area contributed by atoms with Gasteiger partial charge in [0.1, 0.15) is 11.5 Å². The zero-order valence-corrected chi connectivity index (χ0v) is 11.2. The van der Waals surface area contributed by atoms with Crippen LogP contribution in [0.15, 0.2) is 66.1 Å². The van der Waals surface area contributed by atoms with Gasteiger partial charge in [0.05, 0.1) is 6.57 Å². The monoisotopic (exact) mass is 267 g/mol. The molecule has 0 radical (unpaired) electrons. The Bertz CT molecular complexity index is 582. The first-order valence-corrected chi connectivity index (χ1v) is 6.79. The van der Waals surface area contributed by atoms with Crippen LogP contribution in [-0.2, 0) is 0 Å². The van der Waals surface area contributed by atoms with Crippen LogP contribution in [0, 0.1) is 6.57 Å². The molecule has 0 aliphatic heterocycles. The lowest BCUT2D eigenvalue weighted by molar-refractivity contribution is 0.482. The average molecular weight is 267 g/mol. The van der Waals surface area contributed by atoms with Crippen molar-refractivity contribution in [2.45, 2.75) is 4.90 Å². The fourth-order valence-electron chi connectivity index (χ4n) is 1.48. The SMILES string of the molecule is [C-]#[N+]c1ccc(Oc2ccc(SCC=C)cc2)cc1. The van der Waals surface area contributed by atoms with Crippen LogP contribution < -0.4 is 4.74 Å². The van der Waals surface area contributed by atoms with Crippen LogP contribution in [0.3, 0.4) is 0 Å². The highest BCUT2D eigenvalue weighted by atomic mass is 32.2. The van der Waals surface area contributed by atoms with E-state index in [0.717, 1.165) is 17.3 Å². The highest BCUT2D eigenvalue weighted by Crippen LogP contribution is 2.26. The summed E-state index contributed by atoms with van der Waals surface area (Å²) in [6, 6.07) is 15.0. The minimum atomic E-state index is 0.614. The molecule has 0 aliphatic rings. The van der Waals surface area contributed by atoms with E-state index in [1.54, 1.807) is 36.0 Å². The van der Waals surface area contributed by atoms with E-state index in [0.29, 0.717) is 5.69 Å². The summed E-state index contributed by atoms with van der Waals surface area (Å²) in [5, 5.41) is 0. The van der Waals surface area contributed by atoms with Crippen molar-refractivity contribution < 1.29 is 4.74 Å². The summed E-state index contributed by atoms with van der Waals surface area (Å²) >= 11 is 1.73. The zero-order valence-electron chi connectivity index (χ0n) is 10.4. The Morgan fingerprint density at radius 3 is 2.16 bits per heavy atom. The molecule has 3 heteroatoms. The molecular formula is C16H13NOS. The quantitative estimate of drug-likeness (QED) is 0.414. The molecule has 0 fully saturated rings. The van der Waals surface area contributed by atoms with Crippen molar-refractivity contribution in [2.24, 2.45) is 0 Å². The number of hydrogen-bond donors (Lipinski definition) is 0. The number of thioether (sulfide) groups is 1. The Morgan fingerprint density at radius 1 is 1.05 bits per heavy atom. The van der Waals surface area contributed by atoms with Crippen LogP contribution >= 0.6 is 11.8 Å². The van der Waals surface area contributed by atoms with Gasteiger partial charge in [-0.2, -0.15) is 0 Å². The van der Waals surface area contributed by atoms with Crippen molar-refractivity contribution in [2.75, 3.05) is 5.75 Å². The van der Waals surface area contributed by atoms with Crippen molar-refractivity contribution in [3.05, 3.63) is 72.6 Å². The molecule has 0 aromatic heterocycles. The van der Waals surface area contributed by atoms with Gasteiger partial charge in [-0.3, -0.25) is 0 Å². The fraction of sp³-hybridized carbons (Fsp3) is 0.0625. The van der Waals surface area contributed by atoms with Crippen molar-refractivity contribution in [3.63, 3.8) is 0 Å². The van der Waals surface area contributed by atoms with Gasteiger partial charge < -0.3 is 4.74 Å². The summed E-state index contributed by atoms with van der Waals surface area (Å²) in [5.74, 6) is 2.43. The summed E-state index contributed by atoms with van der Waals surface area (Å²) in [7, 11) is 0. The molecule has 2 nitrogen and oxygen atoms in total. The third-order valence-electron chi connectivity index (χ3n) is 2.39. The predicted octanol–water partition coefficient (Wildman–Crippen LogP) is 5.31. The summed E-state index contributed by atoms with van der Waals surface area (Å²) in [6.07, 6.45) is 1.88. The lowest BCUT2D eigenvalue weighted by Crippen LogP contribution is -1.83. The number of rotatable bonds is 5. The molecule has 2 aromatic carbocycles. The van der Waals surface area contributed by atoms with Gasteiger partial charge in [-0.25, -0.2) is 4.85 Å². The lowest BCUT2D eigenvalue weighted by atomic mass is 10.3. The van der Waals surface area contributed by atoms with E-state index in [1.165, 1.54) is 4.90 Å². The van der Waals surface area contributed by atoms with Crippen molar-refractivity contribution in [3.8, 4) is 11.5 Å². The van der Waals surface area contributed by atoms with Gasteiger partial charge in [-0.05, 0) is 36.4 Å². The maximum absolute atomic E-state index is 6.89. The van der Waals surface area contributed by atoms with E-state index in [-0.39, 0.29) is 0 Å². The Kier molecular flexibility index (Phi) is 4.66. The van der Waals surface area contributed by atoms with E-state index in [4.69, 9.17) is 11.3 Å². The standard InChI is InChI=1S/C16H13NOS/c1-3-12-19-16-10-8-15(9-11-16)18-14-6-4-13(17-2)5-7-14/h3-11H,1,12H2. The van der Waals surface area contributed by atoms with E-state index in [9.17, 15) is 0 Å². The van der Waals surface area contributed by atoms with E-state index < -0.39 is 0 Å². The van der Waals surface area contributed by atoms with E-state index >= 15 is 0 Å². The van der Waals surface area contributed by atoms with Crippen LogP contribution in [-0.4, -0.2) is 5.75 Å². The second kappa shape index (κ2) is 6.67. The Balaban J connectivity index is 2.02. The third-order valence-corrected chi connectivity index (χ3v) is 3.40. The summed E-state index contributed by atoms with van der Waals surface area (Å²) in [4.78, 5) is 4.53. The Labute approximate surface area is 117 Å². The molecule has 0 unspecified atom stereocenters. The topological polar surface area (TPSA) is 13.6 Å². The van der Waals surface area contributed by atoms with Gasteiger partial charge in [0.25, 0.3) is 0 Å². The molecule has 0 heterocycles. The van der Waals surface area contributed by atoms with Gasteiger partial charge in [0, 0.05) is 10.6 Å². The second-order valence-corrected chi connectivity index (χ2v) is 4.87. The van der Waals surface area contributed by atoms with Crippen molar-refractivity contribution in [1.82, 2.24) is 0 Å². The normalized spacial score (nSPS) is 9.63. The number of benzene rings is 2. The van der Waals surface area contributed by atoms with Crippen LogP contribution in [0.1, 0.15) is 0 Å². The van der Waals surface area contributed by atoms with Gasteiger partial charge in [-0.1, -0.05) is 18.2 Å². The first-order chi connectivity index (χ1) is 9.31. The van der Waals surface area contributed by atoms with E-state index in [1.807, 2.05) is 30.3 Å². The highest BCUT2D eigenvalue weighted by Gasteiger charge is 1.98. The van der Waals surface area contributed by atoms with Gasteiger partial charge in [-0.15, -0.1) is 18.3 Å². The Hall–Kier alpha value is -2.18. The minimum Gasteiger partial charge on any atom is -0.457 e. The molecule has 0 saturated heterocycles. The van der Waals surface area contributed by atoms with Crippen LogP contribution in [0.25, 0.3) is 4.85 Å². The second-order valence-electron chi connectivity index (χ2n) is 3.78. The van der Waals surface area contributed by atoms with Crippen molar-refractivity contribution >= 4 is 17.4 Å². The average Bonchev–Trinajstić information content (AvgIpc) is 2.47. The predicted molar refractivity (Wildman–Crippen MR) is 80.1 cm³/mol. The Morgan fingerprint density at radius 2 is 1.63 bits per heavy atom. The maximum Gasteiger partial charge on any atom is 0.187 e. The van der Waals surface area contributed by atoms with Gasteiger partial charge >= 0.3 is 0 Å². The molecule has 0 atom stereocenters. The molecule has 0 aliphatic carbocycles. The smallest absolute Gasteiger partial charge is 0.187 e. The van der Waals surface area contributed by atoms with Crippen LogP contribution in [0.2, 0.25) is 0 Å².